The standard InChI is InChI=1S/C18H30N4O/c1-3-16-4-5-17(19-16)18(23)22-8-6-15(7-9-22)14-21-12-10-20(2)11-13-21/h4-5,15,19H,3,6-14H2,1-2H3. The van der Waals surface area contributed by atoms with Crippen molar-refractivity contribution in [3.8, 4) is 0 Å². The van der Waals surface area contributed by atoms with Gasteiger partial charge in [0, 0.05) is 51.5 Å². The van der Waals surface area contributed by atoms with Gasteiger partial charge in [-0.25, -0.2) is 0 Å². The molecule has 1 amide bonds. The van der Waals surface area contributed by atoms with E-state index in [4.69, 9.17) is 0 Å². The number of likely N-dealkylation sites (tertiary alicyclic amines) is 1. The number of rotatable bonds is 4. The van der Waals surface area contributed by atoms with Gasteiger partial charge in [-0.15, -0.1) is 0 Å². The van der Waals surface area contributed by atoms with Crippen molar-refractivity contribution in [1.82, 2.24) is 19.7 Å². The van der Waals surface area contributed by atoms with Crippen LogP contribution in [-0.4, -0.2) is 78.5 Å². The molecule has 0 spiro atoms. The molecule has 5 nitrogen and oxygen atoms in total. The molecule has 0 aromatic carbocycles. The molecule has 3 rings (SSSR count). The van der Waals surface area contributed by atoms with Gasteiger partial charge in [-0.1, -0.05) is 6.92 Å². The summed E-state index contributed by atoms with van der Waals surface area (Å²) in [5, 5.41) is 0. The third-order valence-electron chi connectivity index (χ3n) is 5.37. The minimum atomic E-state index is 0.169. The van der Waals surface area contributed by atoms with Gasteiger partial charge in [-0.05, 0) is 44.4 Å². The van der Waals surface area contributed by atoms with Crippen LogP contribution in [0.5, 0.6) is 0 Å². The third kappa shape index (κ3) is 4.15. The van der Waals surface area contributed by atoms with Crippen LogP contribution in [0.2, 0.25) is 0 Å². The van der Waals surface area contributed by atoms with Crippen LogP contribution in [0.1, 0.15) is 35.9 Å². The van der Waals surface area contributed by atoms with Crippen molar-refractivity contribution in [2.75, 3.05) is 52.9 Å². The number of hydrogen-bond acceptors (Lipinski definition) is 3. The van der Waals surface area contributed by atoms with Crippen molar-refractivity contribution in [3.05, 3.63) is 23.5 Å². The molecule has 0 atom stereocenters. The van der Waals surface area contributed by atoms with Crippen molar-refractivity contribution in [2.24, 2.45) is 5.92 Å². The number of nitrogens with zero attached hydrogens (tertiary/aromatic N) is 3. The fourth-order valence-corrected chi connectivity index (χ4v) is 3.66. The van der Waals surface area contributed by atoms with E-state index in [-0.39, 0.29) is 5.91 Å². The number of likely N-dealkylation sites (N-methyl/N-ethyl adjacent to an activating group) is 1. The number of piperidine rings is 1. The van der Waals surface area contributed by atoms with Gasteiger partial charge in [0.1, 0.15) is 5.69 Å². The Bertz CT molecular complexity index is 511. The number of carbonyl (C=O) groups is 1. The van der Waals surface area contributed by atoms with Gasteiger partial charge in [-0.3, -0.25) is 4.79 Å². The highest BCUT2D eigenvalue weighted by Crippen LogP contribution is 2.20. The van der Waals surface area contributed by atoms with Crippen LogP contribution >= 0.6 is 0 Å². The molecule has 1 aromatic heterocycles. The van der Waals surface area contributed by atoms with Crippen molar-refractivity contribution >= 4 is 5.91 Å². The minimum absolute atomic E-state index is 0.169. The molecule has 0 aliphatic carbocycles. The average Bonchev–Trinajstić information content (AvgIpc) is 3.06. The first-order valence-electron chi connectivity index (χ1n) is 9.03. The highest BCUT2D eigenvalue weighted by Gasteiger charge is 2.26. The average molecular weight is 318 g/mol. The van der Waals surface area contributed by atoms with Crippen LogP contribution in [0.3, 0.4) is 0 Å². The molecule has 128 valence electrons. The highest BCUT2D eigenvalue weighted by atomic mass is 16.2. The summed E-state index contributed by atoms with van der Waals surface area (Å²) in [7, 11) is 2.20. The number of H-pyrrole nitrogens is 1. The van der Waals surface area contributed by atoms with E-state index in [1.54, 1.807) is 0 Å². The number of aryl methyl sites for hydroxylation is 1. The van der Waals surface area contributed by atoms with E-state index < -0.39 is 0 Å². The first-order valence-corrected chi connectivity index (χ1v) is 9.03. The van der Waals surface area contributed by atoms with Crippen LogP contribution in [0.25, 0.3) is 0 Å². The largest absolute Gasteiger partial charge is 0.354 e. The van der Waals surface area contributed by atoms with Crippen LogP contribution in [-0.2, 0) is 6.42 Å². The van der Waals surface area contributed by atoms with Crippen molar-refractivity contribution in [1.29, 1.82) is 0 Å². The molecule has 2 fully saturated rings. The Balaban J connectivity index is 1.45. The quantitative estimate of drug-likeness (QED) is 0.918. The summed E-state index contributed by atoms with van der Waals surface area (Å²) >= 11 is 0. The van der Waals surface area contributed by atoms with Gasteiger partial charge in [0.25, 0.3) is 5.91 Å². The zero-order valence-electron chi connectivity index (χ0n) is 14.6. The maximum Gasteiger partial charge on any atom is 0.270 e. The van der Waals surface area contributed by atoms with Gasteiger partial charge in [0.15, 0.2) is 0 Å². The molecule has 2 aliphatic heterocycles. The predicted molar refractivity (Wildman–Crippen MR) is 92.7 cm³/mol. The normalized spacial score (nSPS) is 21.7. The van der Waals surface area contributed by atoms with Crippen molar-refractivity contribution < 1.29 is 4.79 Å². The van der Waals surface area contributed by atoms with Crippen LogP contribution in [0.4, 0.5) is 0 Å². The smallest absolute Gasteiger partial charge is 0.270 e. The van der Waals surface area contributed by atoms with E-state index in [2.05, 4.69) is 28.8 Å². The van der Waals surface area contributed by atoms with E-state index in [0.29, 0.717) is 0 Å². The van der Waals surface area contributed by atoms with E-state index in [1.807, 2.05) is 17.0 Å². The van der Waals surface area contributed by atoms with Crippen LogP contribution in [0.15, 0.2) is 12.1 Å². The lowest BCUT2D eigenvalue weighted by molar-refractivity contribution is 0.0639. The van der Waals surface area contributed by atoms with Gasteiger partial charge in [0.05, 0.1) is 0 Å². The molecule has 1 aromatic rings. The van der Waals surface area contributed by atoms with Gasteiger partial charge in [0.2, 0.25) is 0 Å². The lowest BCUT2D eigenvalue weighted by atomic mass is 9.95. The SMILES string of the molecule is CCc1ccc(C(=O)N2CCC(CN3CCN(C)CC3)CC2)[nH]1. The molecule has 0 unspecified atom stereocenters. The Morgan fingerprint density at radius 1 is 1.13 bits per heavy atom. The first kappa shape index (κ1) is 16.5. The molecule has 2 saturated heterocycles. The van der Waals surface area contributed by atoms with Gasteiger partial charge < -0.3 is 19.7 Å². The Morgan fingerprint density at radius 3 is 2.43 bits per heavy atom. The molecular formula is C18H30N4O. The zero-order chi connectivity index (χ0) is 16.2. The Hall–Kier alpha value is -1.33. The minimum Gasteiger partial charge on any atom is -0.354 e. The van der Waals surface area contributed by atoms with E-state index >= 15 is 0 Å². The highest BCUT2D eigenvalue weighted by molar-refractivity contribution is 5.92. The summed E-state index contributed by atoms with van der Waals surface area (Å²) in [6, 6.07) is 3.95. The van der Waals surface area contributed by atoms with Crippen molar-refractivity contribution in [2.45, 2.75) is 26.2 Å². The molecule has 0 saturated carbocycles. The summed E-state index contributed by atoms with van der Waals surface area (Å²) in [6.07, 6.45) is 3.22. The van der Waals surface area contributed by atoms with E-state index in [1.165, 1.54) is 32.7 Å². The van der Waals surface area contributed by atoms with Crippen LogP contribution in [0, 0.1) is 5.92 Å². The summed E-state index contributed by atoms with van der Waals surface area (Å²) < 4.78 is 0. The molecule has 0 bridgehead atoms. The van der Waals surface area contributed by atoms with Crippen LogP contribution < -0.4 is 0 Å². The summed E-state index contributed by atoms with van der Waals surface area (Å²) in [5.41, 5.74) is 1.89. The number of nitrogens with one attached hydrogen (secondary N) is 1. The predicted octanol–water partition coefficient (Wildman–Crippen LogP) is 1.68. The number of aromatic nitrogens is 1. The Morgan fingerprint density at radius 2 is 1.83 bits per heavy atom. The lowest BCUT2D eigenvalue weighted by Gasteiger charge is -2.37. The topological polar surface area (TPSA) is 42.6 Å². The van der Waals surface area contributed by atoms with Crippen molar-refractivity contribution in [3.63, 3.8) is 0 Å². The van der Waals surface area contributed by atoms with Gasteiger partial charge >= 0.3 is 0 Å². The summed E-state index contributed by atoms with van der Waals surface area (Å²) in [6.45, 7) is 9.86. The zero-order valence-corrected chi connectivity index (χ0v) is 14.6. The molecule has 23 heavy (non-hydrogen) atoms. The number of aromatic amines is 1. The number of hydrogen-bond donors (Lipinski definition) is 1. The maximum absolute atomic E-state index is 12.5. The number of amides is 1. The fraction of sp³-hybridized carbons (Fsp3) is 0.722. The molecule has 3 heterocycles. The maximum atomic E-state index is 12.5. The number of piperazine rings is 1. The number of carbonyl (C=O) groups excluding carboxylic acids is 1. The molecule has 5 heteroatoms. The first-order chi connectivity index (χ1) is 11.2. The monoisotopic (exact) mass is 318 g/mol. The molecule has 0 radical (unpaired) electrons. The Kier molecular flexibility index (Phi) is 5.38. The second kappa shape index (κ2) is 7.49. The third-order valence-corrected chi connectivity index (χ3v) is 5.37. The fourth-order valence-electron chi connectivity index (χ4n) is 3.66. The van der Waals surface area contributed by atoms with E-state index in [9.17, 15) is 4.79 Å². The second-order valence-corrected chi connectivity index (χ2v) is 7.09. The summed E-state index contributed by atoms with van der Waals surface area (Å²) in [5.74, 6) is 0.917. The lowest BCUT2D eigenvalue weighted by Crippen LogP contribution is -2.48. The molecule has 1 N–H and O–H groups in total. The second-order valence-electron chi connectivity index (χ2n) is 7.09. The molecular weight excluding hydrogens is 288 g/mol. The van der Waals surface area contributed by atoms with E-state index in [0.717, 1.165) is 49.7 Å². The Labute approximate surface area is 139 Å². The molecule has 2 aliphatic rings. The van der Waals surface area contributed by atoms with Gasteiger partial charge in [-0.2, -0.15) is 0 Å². The summed E-state index contributed by atoms with van der Waals surface area (Å²) in [4.78, 5) is 22.8.